The molecule has 0 unspecified atom stereocenters. The third kappa shape index (κ3) is 6.81. The van der Waals surface area contributed by atoms with Gasteiger partial charge in [0.15, 0.2) is 0 Å². The molecule has 1 saturated heterocycles. The Bertz CT molecular complexity index is 1020. The van der Waals surface area contributed by atoms with E-state index in [9.17, 15) is 13.2 Å². The molecule has 0 aromatic heterocycles. The third-order valence-corrected chi connectivity index (χ3v) is 7.53. The number of ether oxygens (including phenoxy) is 2. The molecule has 1 aliphatic heterocycles. The molecule has 2 fully saturated rings. The van der Waals surface area contributed by atoms with Crippen LogP contribution in [-0.2, 0) is 26.1 Å². The second-order valence-corrected chi connectivity index (χ2v) is 11.1. The van der Waals surface area contributed by atoms with Crippen molar-refractivity contribution in [2.45, 2.75) is 62.8 Å². The molecule has 8 heteroatoms. The highest BCUT2D eigenvalue weighted by molar-refractivity contribution is 7.88. The first-order valence-electron chi connectivity index (χ1n) is 12.0. The van der Waals surface area contributed by atoms with Crippen molar-refractivity contribution in [2.75, 3.05) is 19.4 Å². The lowest BCUT2D eigenvalue weighted by atomic mass is 9.83. The summed E-state index contributed by atoms with van der Waals surface area (Å²) in [6, 6.07) is 19.3. The Labute approximate surface area is 202 Å². The van der Waals surface area contributed by atoms with E-state index in [1.807, 2.05) is 36.4 Å². The van der Waals surface area contributed by atoms with Crippen LogP contribution in [0.25, 0.3) is 0 Å². The lowest BCUT2D eigenvalue weighted by Crippen LogP contribution is -2.49. The van der Waals surface area contributed by atoms with E-state index in [1.54, 1.807) is 4.90 Å². The number of hydrogen-bond acceptors (Lipinski definition) is 5. The van der Waals surface area contributed by atoms with Crippen molar-refractivity contribution in [2.24, 2.45) is 0 Å². The lowest BCUT2D eigenvalue weighted by molar-refractivity contribution is -0.00748. The fourth-order valence-corrected chi connectivity index (χ4v) is 5.85. The number of rotatable bonds is 8. The summed E-state index contributed by atoms with van der Waals surface area (Å²) in [4.78, 5) is 14.5. The average molecular weight is 487 g/mol. The Hall–Kier alpha value is -2.42. The minimum atomic E-state index is -3.41. The first-order valence-corrected chi connectivity index (χ1v) is 13.9. The SMILES string of the molecule is CS(=O)(=O)N[C@H]1CCN(C(=O)OCc2ccccc2)[C@H]1COC1CCC(c2ccccc2)CC1. The molecule has 1 saturated carbocycles. The van der Waals surface area contributed by atoms with E-state index in [0.717, 1.165) is 37.5 Å². The van der Waals surface area contributed by atoms with E-state index in [-0.39, 0.29) is 25.4 Å². The van der Waals surface area contributed by atoms with Crippen LogP contribution in [0, 0.1) is 0 Å². The summed E-state index contributed by atoms with van der Waals surface area (Å²) in [6.45, 7) is 0.890. The Kier molecular flexibility index (Phi) is 8.24. The molecule has 2 aromatic rings. The zero-order valence-electron chi connectivity index (χ0n) is 19.6. The van der Waals surface area contributed by atoms with Gasteiger partial charge in [0.2, 0.25) is 10.0 Å². The van der Waals surface area contributed by atoms with Gasteiger partial charge in [-0.05, 0) is 49.1 Å². The largest absolute Gasteiger partial charge is 0.445 e. The Balaban J connectivity index is 1.34. The standard InChI is InChI=1S/C26H34N2O5S/c1-34(30,31)27-24-16-17-28(26(29)33-18-20-8-4-2-5-9-20)25(24)19-32-23-14-12-22(13-15-23)21-10-6-3-7-11-21/h2-11,22-25,27H,12-19H2,1H3/t22?,23?,24-,25-/m0/s1. The topological polar surface area (TPSA) is 84.9 Å². The van der Waals surface area contributed by atoms with E-state index in [1.165, 1.54) is 5.56 Å². The van der Waals surface area contributed by atoms with Gasteiger partial charge in [-0.25, -0.2) is 17.9 Å². The van der Waals surface area contributed by atoms with Crippen LogP contribution in [0.2, 0.25) is 0 Å². The minimum absolute atomic E-state index is 0.113. The van der Waals surface area contributed by atoms with Crippen LogP contribution < -0.4 is 4.72 Å². The van der Waals surface area contributed by atoms with Crippen molar-refractivity contribution >= 4 is 16.1 Å². The molecule has 1 amide bonds. The summed E-state index contributed by atoms with van der Waals surface area (Å²) >= 11 is 0. The molecule has 4 rings (SSSR count). The van der Waals surface area contributed by atoms with Gasteiger partial charge in [0, 0.05) is 12.6 Å². The summed E-state index contributed by atoms with van der Waals surface area (Å²) in [5.41, 5.74) is 2.28. The number of benzene rings is 2. The molecular formula is C26H34N2O5S. The number of sulfonamides is 1. The molecule has 1 heterocycles. The first-order chi connectivity index (χ1) is 16.4. The number of amides is 1. The van der Waals surface area contributed by atoms with Crippen LogP contribution in [0.15, 0.2) is 60.7 Å². The molecule has 0 spiro atoms. The maximum Gasteiger partial charge on any atom is 0.410 e. The van der Waals surface area contributed by atoms with Gasteiger partial charge in [0.25, 0.3) is 0 Å². The molecule has 7 nitrogen and oxygen atoms in total. The summed E-state index contributed by atoms with van der Waals surface area (Å²) in [5, 5.41) is 0. The number of nitrogens with zero attached hydrogens (tertiary/aromatic N) is 1. The van der Waals surface area contributed by atoms with Gasteiger partial charge in [-0.2, -0.15) is 0 Å². The highest BCUT2D eigenvalue weighted by Gasteiger charge is 2.40. The summed E-state index contributed by atoms with van der Waals surface area (Å²) in [5.74, 6) is 0.552. The first kappa shape index (κ1) is 24.7. The molecule has 184 valence electrons. The zero-order valence-corrected chi connectivity index (χ0v) is 20.5. The van der Waals surface area contributed by atoms with Crippen molar-refractivity contribution in [3.8, 4) is 0 Å². The van der Waals surface area contributed by atoms with Crippen LogP contribution >= 0.6 is 0 Å². The van der Waals surface area contributed by atoms with Crippen LogP contribution in [-0.4, -0.2) is 57.0 Å². The maximum absolute atomic E-state index is 12.9. The molecule has 2 aromatic carbocycles. The summed E-state index contributed by atoms with van der Waals surface area (Å²) in [7, 11) is -3.41. The average Bonchev–Trinajstić information content (AvgIpc) is 3.23. The van der Waals surface area contributed by atoms with E-state index in [4.69, 9.17) is 9.47 Å². The van der Waals surface area contributed by atoms with Crippen LogP contribution in [0.3, 0.4) is 0 Å². The molecule has 34 heavy (non-hydrogen) atoms. The molecule has 0 bridgehead atoms. The summed E-state index contributed by atoms with van der Waals surface area (Å²) < 4.78 is 38.3. The van der Waals surface area contributed by atoms with Gasteiger partial charge >= 0.3 is 6.09 Å². The fraction of sp³-hybridized carbons (Fsp3) is 0.500. The summed E-state index contributed by atoms with van der Waals surface area (Å²) in [6.07, 6.45) is 5.38. The van der Waals surface area contributed by atoms with Gasteiger partial charge in [-0.1, -0.05) is 60.7 Å². The number of nitrogens with one attached hydrogen (secondary N) is 1. The van der Waals surface area contributed by atoms with E-state index in [0.29, 0.717) is 18.9 Å². The highest BCUT2D eigenvalue weighted by atomic mass is 32.2. The monoisotopic (exact) mass is 486 g/mol. The predicted octanol–water partition coefficient (Wildman–Crippen LogP) is 4.06. The fourth-order valence-electron chi connectivity index (χ4n) is 5.02. The molecule has 2 aliphatic rings. The number of carbonyl (C=O) groups is 1. The van der Waals surface area contributed by atoms with Crippen molar-refractivity contribution in [3.63, 3.8) is 0 Å². The molecule has 2 atom stereocenters. The molecular weight excluding hydrogens is 452 g/mol. The van der Waals surface area contributed by atoms with Crippen LogP contribution in [0.4, 0.5) is 4.79 Å². The second-order valence-electron chi connectivity index (χ2n) is 9.30. The van der Waals surface area contributed by atoms with Gasteiger partial charge in [0.05, 0.1) is 25.0 Å². The third-order valence-electron chi connectivity index (χ3n) is 6.80. The second kappa shape index (κ2) is 11.3. The van der Waals surface area contributed by atoms with Crippen LogP contribution in [0.1, 0.15) is 49.1 Å². The van der Waals surface area contributed by atoms with Crippen molar-refractivity contribution < 1.29 is 22.7 Å². The van der Waals surface area contributed by atoms with E-state index < -0.39 is 22.2 Å². The smallest absolute Gasteiger partial charge is 0.410 e. The van der Waals surface area contributed by atoms with Gasteiger partial charge in [0.1, 0.15) is 6.61 Å². The maximum atomic E-state index is 12.9. The minimum Gasteiger partial charge on any atom is -0.445 e. The zero-order chi connectivity index (χ0) is 24.0. The molecule has 1 N–H and O–H groups in total. The highest BCUT2D eigenvalue weighted by Crippen LogP contribution is 2.34. The van der Waals surface area contributed by atoms with Crippen molar-refractivity contribution in [1.29, 1.82) is 0 Å². The van der Waals surface area contributed by atoms with Gasteiger partial charge in [-0.3, -0.25) is 0 Å². The molecule has 0 radical (unpaired) electrons. The quantitative estimate of drug-likeness (QED) is 0.608. The van der Waals surface area contributed by atoms with Gasteiger partial charge in [-0.15, -0.1) is 0 Å². The molecule has 1 aliphatic carbocycles. The Morgan fingerprint density at radius 2 is 1.62 bits per heavy atom. The normalized spacial score (nSPS) is 25.3. The predicted molar refractivity (Wildman–Crippen MR) is 131 cm³/mol. The number of hydrogen-bond donors (Lipinski definition) is 1. The van der Waals surface area contributed by atoms with Crippen LogP contribution in [0.5, 0.6) is 0 Å². The lowest BCUT2D eigenvalue weighted by Gasteiger charge is -2.32. The van der Waals surface area contributed by atoms with E-state index in [2.05, 4.69) is 29.0 Å². The number of likely N-dealkylation sites (tertiary alicyclic amines) is 1. The van der Waals surface area contributed by atoms with E-state index >= 15 is 0 Å². The van der Waals surface area contributed by atoms with Crippen molar-refractivity contribution in [3.05, 3.63) is 71.8 Å². The van der Waals surface area contributed by atoms with Gasteiger partial charge < -0.3 is 14.4 Å². The van der Waals surface area contributed by atoms with Crippen molar-refractivity contribution in [1.82, 2.24) is 9.62 Å². The Morgan fingerprint density at radius 1 is 0.971 bits per heavy atom. The Morgan fingerprint density at radius 3 is 2.26 bits per heavy atom. The number of carbonyl (C=O) groups excluding carboxylic acids is 1.